The van der Waals surface area contributed by atoms with Gasteiger partial charge in [-0.1, -0.05) is 6.07 Å². The first-order valence-electron chi connectivity index (χ1n) is 17.7. The maximum atomic E-state index is 15.0. The van der Waals surface area contributed by atoms with Crippen LogP contribution in [-0.2, 0) is 30.2 Å². The van der Waals surface area contributed by atoms with Gasteiger partial charge < -0.3 is 44.0 Å². The van der Waals surface area contributed by atoms with Crippen LogP contribution < -0.4 is 15.4 Å². The van der Waals surface area contributed by atoms with E-state index < -0.39 is 5.82 Å². The number of amides is 3. The zero-order valence-corrected chi connectivity index (χ0v) is 30.5. The lowest BCUT2D eigenvalue weighted by atomic mass is 10.2. The standard InChI is InChI=1S/C37H45FN6O8S/c1-47-14-15-48-16-17-49-18-19-50-20-21-51-37(46)44-12-10-43(11-13-44)25-26-2-6-30(40-24-26)34-23-31-35(53-34)33(8-9-39-31)52-32-7-5-28(22-29(32)38)42-36(45)41-27-3-4-27/h2,5-9,22-24,27H,3-4,10-21,25H2,1H3,(H2,41,42,45). The number of ether oxygens (including phenoxy) is 6. The topological polar surface area (TPSA) is 146 Å². The van der Waals surface area contributed by atoms with Crippen molar-refractivity contribution in [1.82, 2.24) is 25.1 Å². The number of anilines is 1. The predicted octanol–water partition coefficient (Wildman–Crippen LogP) is 5.52. The van der Waals surface area contributed by atoms with Crippen molar-refractivity contribution in [1.29, 1.82) is 0 Å². The summed E-state index contributed by atoms with van der Waals surface area (Å²) in [5, 5.41) is 5.47. The van der Waals surface area contributed by atoms with Crippen LogP contribution in [0.5, 0.6) is 11.5 Å². The van der Waals surface area contributed by atoms with Gasteiger partial charge in [0, 0.05) is 76.1 Å². The third-order valence-electron chi connectivity index (χ3n) is 8.44. The van der Waals surface area contributed by atoms with Crippen molar-refractivity contribution in [3.05, 3.63) is 66.2 Å². The van der Waals surface area contributed by atoms with Crippen LogP contribution in [0.4, 0.5) is 19.7 Å². The number of thiophene rings is 1. The Bertz CT molecular complexity index is 1790. The molecule has 0 atom stereocenters. The monoisotopic (exact) mass is 752 g/mol. The quantitative estimate of drug-likeness (QED) is 0.117. The van der Waals surface area contributed by atoms with Crippen molar-refractivity contribution in [3.8, 4) is 22.1 Å². The number of nitrogens with zero attached hydrogens (tertiary/aromatic N) is 4. The summed E-state index contributed by atoms with van der Waals surface area (Å²) in [4.78, 5) is 38.6. The van der Waals surface area contributed by atoms with Crippen LogP contribution in [0, 0.1) is 5.82 Å². The van der Waals surface area contributed by atoms with Gasteiger partial charge in [0.05, 0.1) is 67.0 Å². The zero-order valence-electron chi connectivity index (χ0n) is 29.7. The highest BCUT2D eigenvalue weighted by Crippen LogP contribution is 2.39. The first kappa shape index (κ1) is 38.3. The smallest absolute Gasteiger partial charge is 0.409 e. The molecule has 2 N–H and O–H groups in total. The van der Waals surface area contributed by atoms with Crippen LogP contribution in [0.2, 0.25) is 0 Å². The van der Waals surface area contributed by atoms with E-state index in [4.69, 9.17) is 33.4 Å². The number of pyridine rings is 2. The number of urea groups is 1. The highest BCUT2D eigenvalue weighted by molar-refractivity contribution is 7.22. The number of hydrogen-bond donors (Lipinski definition) is 2. The van der Waals surface area contributed by atoms with Crippen molar-refractivity contribution >= 4 is 39.4 Å². The summed E-state index contributed by atoms with van der Waals surface area (Å²) in [6.45, 7) is 6.78. The van der Waals surface area contributed by atoms with Gasteiger partial charge in [0.15, 0.2) is 11.6 Å². The molecule has 4 heterocycles. The minimum atomic E-state index is -0.592. The van der Waals surface area contributed by atoms with Crippen LogP contribution in [0.25, 0.3) is 20.8 Å². The lowest BCUT2D eigenvalue weighted by Crippen LogP contribution is -2.48. The van der Waals surface area contributed by atoms with Crippen molar-refractivity contribution in [2.45, 2.75) is 25.4 Å². The molecule has 0 bridgehead atoms. The average molecular weight is 753 g/mol. The van der Waals surface area contributed by atoms with E-state index in [-0.39, 0.29) is 30.5 Å². The van der Waals surface area contributed by atoms with Gasteiger partial charge in [0.25, 0.3) is 0 Å². The largest absolute Gasteiger partial charge is 0.453 e. The molecule has 1 aliphatic carbocycles. The number of aromatic nitrogens is 2. The molecular weight excluding hydrogens is 708 g/mol. The molecule has 16 heteroatoms. The van der Waals surface area contributed by atoms with Crippen LogP contribution >= 0.6 is 11.3 Å². The Morgan fingerprint density at radius 1 is 0.868 bits per heavy atom. The molecule has 53 heavy (non-hydrogen) atoms. The summed E-state index contributed by atoms with van der Waals surface area (Å²) in [5.74, 6) is -0.0756. The number of nitrogens with one attached hydrogen (secondary N) is 2. The average Bonchev–Trinajstić information content (AvgIpc) is 3.87. The van der Waals surface area contributed by atoms with Gasteiger partial charge in [0.1, 0.15) is 12.4 Å². The Morgan fingerprint density at radius 3 is 2.28 bits per heavy atom. The van der Waals surface area contributed by atoms with E-state index in [0.29, 0.717) is 82.8 Å². The molecule has 3 amide bonds. The number of carbonyl (C=O) groups excluding carboxylic acids is 2. The number of halogens is 1. The van der Waals surface area contributed by atoms with Gasteiger partial charge in [-0.15, -0.1) is 11.3 Å². The first-order chi connectivity index (χ1) is 25.9. The fourth-order valence-electron chi connectivity index (χ4n) is 5.46. The number of rotatable bonds is 19. The van der Waals surface area contributed by atoms with Crippen LogP contribution in [0.1, 0.15) is 18.4 Å². The lowest BCUT2D eigenvalue weighted by molar-refractivity contribution is -0.00496. The molecule has 4 aromatic rings. The SMILES string of the molecule is COCCOCCOCCOCCOC(=O)N1CCN(Cc2ccc(-c3cc4nccc(Oc5ccc(NC(=O)NC6CC6)cc5F)c4s3)nc2)CC1. The van der Waals surface area contributed by atoms with Crippen molar-refractivity contribution in [2.24, 2.45) is 0 Å². The van der Waals surface area contributed by atoms with Crippen LogP contribution in [-0.4, -0.2) is 124 Å². The van der Waals surface area contributed by atoms with E-state index in [9.17, 15) is 14.0 Å². The van der Waals surface area contributed by atoms with Crippen LogP contribution in [0.15, 0.2) is 54.9 Å². The first-order valence-corrected chi connectivity index (χ1v) is 18.5. The second-order valence-corrected chi connectivity index (χ2v) is 13.6. The Balaban J connectivity index is 0.912. The summed E-state index contributed by atoms with van der Waals surface area (Å²) in [6, 6.07) is 11.9. The molecule has 0 spiro atoms. The summed E-state index contributed by atoms with van der Waals surface area (Å²) in [5.41, 5.74) is 2.91. The molecule has 1 aliphatic heterocycles. The fraction of sp³-hybridized carbons (Fsp3) is 0.459. The maximum Gasteiger partial charge on any atom is 0.409 e. The van der Waals surface area contributed by atoms with E-state index in [1.54, 1.807) is 30.3 Å². The minimum Gasteiger partial charge on any atom is -0.453 e. The number of piperazine rings is 1. The molecule has 2 aliphatic rings. The van der Waals surface area contributed by atoms with E-state index in [0.717, 1.165) is 46.8 Å². The molecular formula is C37H45FN6O8S. The Morgan fingerprint density at radius 2 is 1.60 bits per heavy atom. The number of fused-ring (bicyclic) bond motifs is 1. The van der Waals surface area contributed by atoms with Crippen molar-refractivity contribution in [3.63, 3.8) is 0 Å². The fourth-order valence-corrected chi connectivity index (χ4v) is 6.50. The molecule has 6 rings (SSSR count). The van der Waals surface area contributed by atoms with Gasteiger partial charge in [-0.3, -0.25) is 14.9 Å². The summed E-state index contributed by atoms with van der Waals surface area (Å²) < 4.78 is 48.2. The van der Waals surface area contributed by atoms with Gasteiger partial charge in [0.2, 0.25) is 0 Å². The van der Waals surface area contributed by atoms with Gasteiger partial charge >= 0.3 is 12.1 Å². The molecule has 0 radical (unpaired) electrons. The number of methoxy groups -OCH3 is 1. The van der Waals surface area contributed by atoms with Gasteiger partial charge in [-0.05, 0) is 42.7 Å². The Kier molecular flexibility index (Phi) is 14.1. The molecule has 0 unspecified atom stereocenters. The number of carbonyl (C=O) groups is 2. The van der Waals surface area contributed by atoms with Crippen molar-refractivity contribution in [2.75, 3.05) is 91.5 Å². The van der Waals surface area contributed by atoms with Gasteiger partial charge in [-0.25, -0.2) is 14.0 Å². The predicted molar refractivity (Wildman–Crippen MR) is 197 cm³/mol. The molecule has 1 aromatic carbocycles. The second kappa shape index (κ2) is 19.6. The van der Waals surface area contributed by atoms with Crippen LogP contribution in [0.3, 0.4) is 0 Å². The van der Waals surface area contributed by atoms with Crippen molar-refractivity contribution < 1.29 is 42.4 Å². The minimum absolute atomic E-state index is 0.0418. The highest BCUT2D eigenvalue weighted by atomic mass is 32.1. The maximum absolute atomic E-state index is 15.0. The number of hydrogen-bond acceptors (Lipinski definition) is 12. The normalized spacial score (nSPS) is 14.7. The summed E-state index contributed by atoms with van der Waals surface area (Å²) >= 11 is 1.47. The van der Waals surface area contributed by atoms with Gasteiger partial charge in [-0.2, -0.15) is 0 Å². The highest BCUT2D eigenvalue weighted by Gasteiger charge is 2.24. The van der Waals surface area contributed by atoms with E-state index >= 15 is 0 Å². The van der Waals surface area contributed by atoms with E-state index in [1.165, 1.54) is 23.5 Å². The molecule has 1 saturated heterocycles. The summed E-state index contributed by atoms with van der Waals surface area (Å²) in [6.07, 6.45) is 5.08. The van der Waals surface area contributed by atoms with E-state index in [1.807, 2.05) is 18.3 Å². The zero-order chi connectivity index (χ0) is 36.8. The Labute approximate surface area is 311 Å². The van der Waals surface area contributed by atoms with E-state index in [2.05, 4.69) is 26.6 Å². The number of benzene rings is 1. The molecule has 3 aromatic heterocycles. The molecule has 284 valence electrons. The molecule has 14 nitrogen and oxygen atoms in total. The lowest BCUT2D eigenvalue weighted by Gasteiger charge is -2.34. The Hall–Kier alpha value is -4.45. The third-order valence-corrected chi connectivity index (χ3v) is 9.60. The molecule has 2 fully saturated rings. The summed E-state index contributed by atoms with van der Waals surface area (Å²) in [7, 11) is 1.63. The third kappa shape index (κ3) is 11.8. The molecule has 1 saturated carbocycles. The second-order valence-electron chi connectivity index (χ2n) is 12.5.